The summed E-state index contributed by atoms with van der Waals surface area (Å²) in [5.74, 6) is 0. The Hall–Kier alpha value is -1.52. The summed E-state index contributed by atoms with van der Waals surface area (Å²) in [6.45, 7) is 0.251. The lowest BCUT2D eigenvalue weighted by Gasteiger charge is -2.21. The molecule has 2 rings (SSSR count). The molecule has 2 nitrogen and oxygen atoms in total. The molecule has 2 aromatic carbocycles. The molecule has 1 N–H and O–H groups in total. The number of hydrogen-bond acceptors (Lipinski definition) is 2. The Morgan fingerprint density at radius 2 is 1.79 bits per heavy atom. The molecule has 0 heterocycles. The third-order valence-electron chi connectivity index (χ3n) is 3.09. The summed E-state index contributed by atoms with van der Waals surface area (Å²) >= 11 is 0. The molecule has 0 aliphatic heterocycles. The SMILES string of the molecule is OCCN(Cc1cccc2ccccc12)CC(F)F. The Bertz CT molecular complexity index is 525. The van der Waals surface area contributed by atoms with Gasteiger partial charge in [0.1, 0.15) is 0 Å². The number of alkyl halides is 2. The van der Waals surface area contributed by atoms with Crippen LogP contribution in [0.15, 0.2) is 42.5 Å². The Morgan fingerprint density at radius 3 is 2.53 bits per heavy atom. The van der Waals surface area contributed by atoms with E-state index in [-0.39, 0.29) is 19.7 Å². The smallest absolute Gasteiger partial charge is 0.251 e. The molecular formula is C15H17F2NO. The Labute approximate surface area is 111 Å². The van der Waals surface area contributed by atoms with Crippen LogP contribution in [0.4, 0.5) is 8.78 Å². The van der Waals surface area contributed by atoms with Crippen molar-refractivity contribution < 1.29 is 13.9 Å². The second-order valence-electron chi connectivity index (χ2n) is 4.49. The van der Waals surface area contributed by atoms with E-state index in [9.17, 15) is 8.78 Å². The highest BCUT2D eigenvalue weighted by molar-refractivity contribution is 5.85. The fraction of sp³-hybridized carbons (Fsp3) is 0.333. The Morgan fingerprint density at radius 1 is 1.05 bits per heavy atom. The maximum Gasteiger partial charge on any atom is 0.251 e. The molecule has 0 radical (unpaired) electrons. The highest BCUT2D eigenvalue weighted by Crippen LogP contribution is 2.20. The van der Waals surface area contributed by atoms with Crippen molar-refractivity contribution in [1.82, 2.24) is 4.90 Å². The quantitative estimate of drug-likeness (QED) is 0.868. The van der Waals surface area contributed by atoms with Gasteiger partial charge in [-0.2, -0.15) is 0 Å². The van der Waals surface area contributed by atoms with Crippen molar-refractivity contribution in [2.75, 3.05) is 19.7 Å². The average Bonchev–Trinajstić information content (AvgIpc) is 2.39. The summed E-state index contributed by atoms with van der Waals surface area (Å²) in [6.07, 6.45) is -2.39. The summed E-state index contributed by atoms with van der Waals surface area (Å²) < 4.78 is 25.0. The number of fused-ring (bicyclic) bond motifs is 1. The van der Waals surface area contributed by atoms with Crippen molar-refractivity contribution in [3.8, 4) is 0 Å². The second-order valence-corrected chi connectivity index (χ2v) is 4.49. The summed E-state index contributed by atoms with van der Waals surface area (Å²) in [6, 6.07) is 13.8. The van der Waals surface area contributed by atoms with Gasteiger partial charge in [-0.15, -0.1) is 0 Å². The molecule has 0 aliphatic rings. The van der Waals surface area contributed by atoms with Gasteiger partial charge in [0.05, 0.1) is 13.2 Å². The van der Waals surface area contributed by atoms with Gasteiger partial charge in [-0.05, 0) is 16.3 Å². The monoisotopic (exact) mass is 265 g/mol. The van der Waals surface area contributed by atoms with Crippen molar-refractivity contribution in [2.45, 2.75) is 13.0 Å². The molecule has 2 aromatic rings. The molecule has 0 aromatic heterocycles. The number of aliphatic hydroxyl groups excluding tert-OH is 1. The van der Waals surface area contributed by atoms with Gasteiger partial charge in [0.25, 0.3) is 6.43 Å². The zero-order valence-corrected chi connectivity index (χ0v) is 10.6. The minimum Gasteiger partial charge on any atom is -0.395 e. The van der Waals surface area contributed by atoms with Gasteiger partial charge in [0.2, 0.25) is 0 Å². The standard InChI is InChI=1S/C15H17F2NO/c16-15(17)11-18(8-9-19)10-13-6-3-5-12-4-1-2-7-14(12)13/h1-7,15,19H,8-11H2. The number of aliphatic hydroxyl groups is 1. The van der Waals surface area contributed by atoms with E-state index in [1.807, 2.05) is 42.5 Å². The highest BCUT2D eigenvalue weighted by atomic mass is 19.3. The molecule has 0 saturated carbocycles. The van der Waals surface area contributed by atoms with E-state index in [2.05, 4.69) is 0 Å². The van der Waals surface area contributed by atoms with Crippen LogP contribution in [-0.2, 0) is 6.54 Å². The van der Waals surface area contributed by atoms with E-state index in [0.29, 0.717) is 6.54 Å². The van der Waals surface area contributed by atoms with Gasteiger partial charge in [-0.1, -0.05) is 42.5 Å². The third-order valence-corrected chi connectivity index (χ3v) is 3.09. The first-order chi connectivity index (χ1) is 9.20. The van der Waals surface area contributed by atoms with Crippen LogP contribution in [0, 0.1) is 0 Å². The first kappa shape index (κ1) is 13.9. The summed E-state index contributed by atoms with van der Waals surface area (Å²) in [4.78, 5) is 1.58. The average molecular weight is 265 g/mol. The molecule has 0 spiro atoms. The van der Waals surface area contributed by atoms with Crippen molar-refractivity contribution in [2.24, 2.45) is 0 Å². The highest BCUT2D eigenvalue weighted by Gasteiger charge is 2.13. The molecule has 0 fully saturated rings. The fourth-order valence-electron chi connectivity index (χ4n) is 2.24. The van der Waals surface area contributed by atoms with Gasteiger partial charge < -0.3 is 5.11 Å². The lowest BCUT2D eigenvalue weighted by Crippen LogP contribution is -2.31. The van der Waals surface area contributed by atoms with Crippen LogP contribution in [0.1, 0.15) is 5.56 Å². The van der Waals surface area contributed by atoms with Crippen LogP contribution in [-0.4, -0.2) is 36.1 Å². The van der Waals surface area contributed by atoms with Crippen molar-refractivity contribution in [3.63, 3.8) is 0 Å². The van der Waals surface area contributed by atoms with Crippen molar-refractivity contribution >= 4 is 10.8 Å². The molecular weight excluding hydrogens is 248 g/mol. The number of hydrogen-bond donors (Lipinski definition) is 1. The largest absolute Gasteiger partial charge is 0.395 e. The van der Waals surface area contributed by atoms with E-state index < -0.39 is 6.43 Å². The van der Waals surface area contributed by atoms with Crippen molar-refractivity contribution in [1.29, 1.82) is 0 Å². The summed E-state index contributed by atoms with van der Waals surface area (Å²) in [5.41, 5.74) is 1.01. The number of halogens is 2. The molecule has 0 bridgehead atoms. The van der Waals surface area contributed by atoms with E-state index in [1.165, 1.54) is 0 Å². The van der Waals surface area contributed by atoms with Crippen molar-refractivity contribution in [3.05, 3.63) is 48.0 Å². The molecule has 0 saturated heterocycles. The van der Waals surface area contributed by atoms with Gasteiger partial charge in [-0.3, -0.25) is 4.90 Å². The van der Waals surface area contributed by atoms with Gasteiger partial charge in [0.15, 0.2) is 0 Å². The lowest BCUT2D eigenvalue weighted by atomic mass is 10.0. The lowest BCUT2D eigenvalue weighted by molar-refractivity contribution is 0.0748. The first-order valence-electron chi connectivity index (χ1n) is 6.28. The summed E-state index contributed by atoms with van der Waals surface area (Å²) in [5, 5.41) is 11.1. The maximum absolute atomic E-state index is 12.5. The zero-order chi connectivity index (χ0) is 13.7. The van der Waals surface area contributed by atoms with Crippen LogP contribution in [0.3, 0.4) is 0 Å². The van der Waals surface area contributed by atoms with E-state index >= 15 is 0 Å². The third kappa shape index (κ3) is 3.72. The normalized spacial score (nSPS) is 11.6. The molecule has 0 aliphatic carbocycles. The zero-order valence-electron chi connectivity index (χ0n) is 10.6. The van der Waals surface area contributed by atoms with E-state index in [4.69, 9.17) is 5.11 Å². The van der Waals surface area contributed by atoms with Crippen LogP contribution < -0.4 is 0 Å². The van der Waals surface area contributed by atoms with Gasteiger partial charge >= 0.3 is 0 Å². The van der Waals surface area contributed by atoms with Crippen LogP contribution in [0.2, 0.25) is 0 Å². The second kappa shape index (κ2) is 6.59. The molecule has 0 atom stereocenters. The minimum absolute atomic E-state index is 0.114. The fourth-order valence-corrected chi connectivity index (χ4v) is 2.24. The predicted molar refractivity (Wildman–Crippen MR) is 72.3 cm³/mol. The molecule has 4 heteroatoms. The number of benzene rings is 2. The number of rotatable bonds is 6. The molecule has 19 heavy (non-hydrogen) atoms. The topological polar surface area (TPSA) is 23.5 Å². The Kier molecular flexibility index (Phi) is 4.82. The van der Waals surface area contributed by atoms with E-state index in [1.54, 1.807) is 4.90 Å². The van der Waals surface area contributed by atoms with E-state index in [0.717, 1.165) is 16.3 Å². The molecule has 0 unspecified atom stereocenters. The minimum atomic E-state index is -2.39. The number of nitrogens with zero attached hydrogens (tertiary/aromatic N) is 1. The first-order valence-corrected chi connectivity index (χ1v) is 6.28. The predicted octanol–water partition coefficient (Wildman–Crippen LogP) is 2.90. The van der Waals surface area contributed by atoms with Crippen LogP contribution in [0.25, 0.3) is 10.8 Å². The van der Waals surface area contributed by atoms with Crippen LogP contribution >= 0.6 is 0 Å². The molecule has 0 amide bonds. The van der Waals surface area contributed by atoms with Gasteiger partial charge in [0, 0.05) is 13.1 Å². The molecule has 102 valence electrons. The van der Waals surface area contributed by atoms with Gasteiger partial charge in [-0.25, -0.2) is 8.78 Å². The summed E-state index contributed by atoms with van der Waals surface area (Å²) in [7, 11) is 0. The van der Waals surface area contributed by atoms with Crippen LogP contribution in [0.5, 0.6) is 0 Å². The maximum atomic E-state index is 12.5. The Balaban J connectivity index is 2.23.